The summed E-state index contributed by atoms with van der Waals surface area (Å²) in [5.41, 5.74) is 4.26. The molecule has 1 aromatic carbocycles. The normalized spacial score (nSPS) is 14.8. The van der Waals surface area contributed by atoms with Gasteiger partial charge in [-0.15, -0.1) is 0 Å². The van der Waals surface area contributed by atoms with Crippen molar-refractivity contribution in [2.75, 3.05) is 0 Å². The van der Waals surface area contributed by atoms with Gasteiger partial charge in [0.1, 0.15) is 0 Å². The summed E-state index contributed by atoms with van der Waals surface area (Å²) in [7, 11) is 0. The Hall–Kier alpha value is -1.90. The van der Waals surface area contributed by atoms with Crippen LogP contribution < -0.4 is 0 Å². The van der Waals surface area contributed by atoms with Crippen molar-refractivity contribution in [1.29, 1.82) is 0 Å². The first-order valence-electron chi connectivity index (χ1n) is 6.86. The molecule has 3 nitrogen and oxygen atoms in total. The summed E-state index contributed by atoms with van der Waals surface area (Å²) in [6.45, 7) is 4.21. The molecule has 1 heterocycles. The summed E-state index contributed by atoms with van der Waals surface area (Å²) in [6, 6.07) is 6.57. The van der Waals surface area contributed by atoms with Gasteiger partial charge >= 0.3 is 0 Å². The highest BCUT2D eigenvalue weighted by molar-refractivity contribution is 5.99. The van der Waals surface area contributed by atoms with Crippen LogP contribution in [0.25, 0.3) is 11.1 Å². The van der Waals surface area contributed by atoms with Crippen molar-refractivity contribution in [2.24, 2.45) is 0 Å². The number of benzene rings is 1. The van der Waals surface area contributed by atoms with Gasteiger partial charge in [-0.2, -0.15) is 5.10 Å². The Morgan fingerprint density at radius 2 is 2.05 bits per heavy atom. The van der Waals surface area contributed by atoms with E-state index in [2.05, 4.69) is 31.1 Å². The van der Waals surface area contributed by atoms with Gasteiger partial charge < -0.3 is 0 Å². The van der Waals surface area contributed by atoms with E-state index in [-0.39, 0.29) is 5.78 Å². The molecular formula is C16H18N2O. The number of ketones is 1. The van der Waals surface area contributed by atoms with Crippen molar-refractivity contribution >= 4 is 5.78 Å². The van der Waals surface area contributed by atoms with Crippen molar-refractivity contribution in [3.05, 3.63) is 41.7 Å². The highest BCUT2D eigenvalue weighted by atomic mass is 16.1. The average Bonchev–Trinajstić information content (AvgIpc) is 2.89. The zero-order valence-corrected chi connectivity index (χ0v) is 11.4. The molecule has 1 aliphatic rings. The van der Waals surface area contributed by atoms with Gasteiger partial charge in [-0.1, -0.05) is 12.1 Å². The first-order valence-corrected chi connectivity index (χ1v) is 6.86. The molecule has 98 valence electrons. The zero-order chi connectivity index (χ0) is 13.4. The van der Waals surface area contributed by atoms with E-state index in [0.717, 1.165) is 29.5 Å². The van der Waals surface area contributed by atoms with Crippen LogP contribution in [0.15, 0.2) is 30.6 Å². The Morgan fingerprint density at radius 3 is 2.79 bits per heavy atom. The van der Waals surface area contributed by atoms with Gasteiger partial charge in [0.2, 0.25) is 0 Å². The smallest absolute Gasteiger partial charge is 0.163 e. The van der Waals surface area contributed by atoms with Crippen LogP contribution in [0.3, 0.4) is 0 Å². The highest BCUT2D eigenvalue weighted by Crippen LogP contribution is 2.27. The Bertz CT molecular complexity index is 625. The molecule has 0 amide bonds. The summed E-state index contributed by atoms with van der Waals surface area (Å²) in [4.78, 5) is 12.0. The fourth-order valence-electron chi connectivity index (χ4n) is 2.58. The predicted octanol–water partition coefficient (Wildman–Crippen LogP) is 3.65. The Balaban J connectivity index is 2.01. The standard InChI is InChI=1S/C16H18N2O/c1-11(2)18-10-14(9-17-18)13-7-6-12-4-3-5-16(19)15(12)8-13/h6-11H,3-5H2,1-2H3. The number of aryl methyl sites for hydroxylation is 1. The van der Waals surface area contributed by atoms with Crippen LogP contribution in [-0.4, -0.2) is 15.6 Å². The topological polar surface area (TPSA) is 34.9 Å². The lowest BCUT2D eigenvalue weighted by Gasteiger charge is -2.15. The van der Waals surface area contributed by atoms with Crippen LogP contribution in [0, 0.1) is 0 Å². The summed E-state index contributed by atoms with van der Waals surface area (Å²) >= 11 is 0. The fraction of sp³-hybridized carbons (Fsp3) is 0.375. The summed E-state index contributed by atoms with van der Waals surface area (Å²) in [6.07, 6.45) is 6.60. The van der Waals surface area contributed by atoms with Gasteiger partial charge in [0.05, 0.1) is 6.20 Å². The van der Waals surface area contributed by atoms with Crippen molar-refractivity contribution in [3.63, 3.8) is 0 Å². The number of carbonyl (C=O) groups is 1. The van der Waals surface area contributed by atoms with Crippen LogP contribution in [0.2, 0.25) is 0 Å². The third kappa shape index (κ3) is 2.21. The van der Waals surface area contributed by atoms with Gasteiger partial charge in [0, 0.05) is 29.8 Å². The lowest BCUT2D eigenvalue weighted by Crippen LogP contribution is -2.10. The second kappa shape index (κ2) is 4.65. The Labute approximate surface area is 113 Å². The van der Waals surface area contributed by atoms with E-state index in [9.17, 15) is 4.79 Å². The maximum Gasteiger partial charge on any atom is 0.163 e. The van der Waals surface area contributed by atoms with Crippen molar-refractivity contribution in [3.8, 4) is 11.1 Å². The molecule has 3 rings (SSSR count). The third-order valence-electron chi connectivity index (χ3n) is 3.72. The molecule has 0 fully saturated rings. The van der Waals surface area contributed by atoms with Gasteiger partial charge in [0.15, 0.2) is 5.78 Å². The maximum atomic E-state index is 12.0. The van der Waals surface area contributed by atoms with E-state index in [1.165, 1.54) is 5.56 Å². The first-order chi connectivity index (χ1) is 9.15. The van der Waals surface area contributed by atoms with E-state index in [0.29, 0.717) is 12.5 Å². The number of rotatable bonds is 2. The maximum absolute atomic E-state index is 12.0. The predicted molar refractivity (Wildman–Crippen MR) is 75.3 cm³/mol. The molecule has 0 saturated heterocycles. The highest BCUT2D eigenvalue weighted by Gasteiger charge is 2.17. The minimum atomic E-state index is 0.277. The largest absolute Gasteiger partial charge is 0.294 e. The van der Waals surface area contributed by atoms with Crippen LogP contribution in [0.1, 0.15) is 48.7 Å². The number of Topliss-reactive ketones (excluding diaryl/α,β-unsaturated/α-hetero) is 1. The molecule has 1 aromatic heterocycles. The van der Waals surface area contributed by atoms with Gasteiger partial charge in [-0.05, 0) is 43.9 Å². The molecule has 3 heteroatoms. The van der Waals surface area contributed by atoms with Crippen molar-refractivity contribution in [1.82, 2.24) is 9.78 Å². The molecule has 1 aliphatic carbocycles. The van der Waals surface area contributed by atoms with E-state index >= 15 is 0 Å². The van der Waals surface area contributed by atoms with Gasteiger partial charge in [0.25, 0.3) is 0 Å². The first kappa shape index (κ1) is 12.2. The molecule has 0 spiro atoms. The summed E-state index contributed by atoms with van der Waals surface area (Å²) in [5, 5.41) is 4.35. The van der Waals surface area contributed by atoms with E-state index in [1.54, 1.807) is 0 Å². The molecule has 0 unspecified atom stereocenters. The number of fused-ring (bicyclic) bond motifs is 1. The monoisotopic (exact) mass is 254 g/mol. The lowest BCUT2D eigenvalue weighted by molar-refractivity contribution is 0.0972. The van der Waals surface area contributed by atoms with Crippen molar-refractivity contribution < 1.29 is 4.79 Å². The van der Waals surface area contributed by atoms with Crippen LogP contribution in [0.4, 0.5) is 0 Å². The second-order valence-electron chi connectivity index (χ2n) is 5.45. The van der Waals surface area contributed by atoms with Crippen LogP contribution in [0.5, 0.6) is 0 Å². The van der Waals surface area contributed by atoms with Crippen LogP contribution in [-0.2, 0) is 6.42 Å². The third-order valence-corrected chi connectivity index (χ3v) is 3.72. The summed E-state index contributed by atoms with van der Waals surface area (Å²) in [5.74, 6) is 0.277. The average molecular weight is 254 g/mol. The molecule has 0 aliphatic heterocycles. The molecule has 19 heavy (non-hydrogen) atoms. The quantitative estimate of drug-likeness (QED) is 0.820. The molecule has 0 N–H and O–H groups in total. The van der Waals surface area contributed by atoms with Crippen LogP contribution >= 0.6 is 0 Å². The minimum absolute atomic E-state index is 0.277. The Morgan fingerprint density at radius 1 is 1.21 bits per heavy atom. The minimum Gasteiger partial charge on any atom is -0.294 e. The molecule has 2 aromatic rings. The summed E-state index contributed by atoms with van der Waals surface area (Å²) < 4.78 is 1.94. The second-order valence-corrected chi connectivity index (χ2v) is 5.45. The number of nitrogens with zero attached hydrogens (tertiary/aromatic N) is 2. The molecule has 0 bridgehead atoms. The number of carbonyl (C=O) groups excluding carboxylic acids is 1. The number of hydrogen-bond donors (Lipinski definition) is 0. The van der Waals surface area contributed by atoms with Gasteiger partial charge in [-0.3, -0.25) is 9.48 Å². The molecule has 0 atom stereocenters. The lowest BCUT2D eigenvalue weighted by atomic mass is 9.88. The molecular weight excluding hydrogens is 236 g/mol. The molecule has 0 radical (unpaired) electrons. The SMILES string of the molecule is CC(C)n1cc(-c2ccc3c(c2)C(=O)CCC3)cn1. The number of aromatic nitrogens is 2. The Kier molecular flexibility index (Phi) is 2.97. The number of hydrogen-bond acceptors (Lipinski definition) is 2. The van der Waals surface area contributed by atoms with E-state index < -0.39 is 0 Å². The fourth-order valence-corrected chi connectivity index (χ4v) is 2.58. The van der Waals surface area contributed by atoms with E-state index in [4.69, 9.17) is 0 Å². The molecule has 0 saturated carbocycles. The zero-order valence-electron chi connectivity index (χ0n) is 11.4. The van der Waals surface area contributed by atoms with Crippen molar-refractivity contribution in [2.45, 2.75) is 39.2 Å². The van der Waals surface area contributed by atoms with Gasteiger partial charge in [-0.25, -0.2) is 0 Å². The van der Waals surface area contributed by atoms with E-state index in [1.807, 2.05) is 23.1 Å².